The number of carbonyl (C=O) groups excluding carboxylic acids is 3. The quantitative estimate of drug-likeness (QED) is 0.0782. The van der Waals surface area contributed by atoms with E-state index in [0.717, 1.165) is 19.1 Å². The van der Waals surface area contributed by atoms with Gasteiger partial charge < -0.3 is 115 Å². The Bertz CT molecular complexity index is 2800. The lowest BCUT2D eigenvalue weighted by Crippen LogP contribution is -2.65. The number of carboxylic acid groups (broad SMARTS) is 1. The number of carbonyl (C=O) groups is 4. The number of ether oxygens (including phenoxy) is 7. The number of nitrogens with one attached hydrogen (secondary N) is 2. The second-order valence-corrected chi connectivity index (χ2v) is 23.8. The SMILES string of the molecule is CC(=O)NC1C(O)[C@H](O)C(CO)O[C@H]1Oc1ccc(COC(=O)N[C@@H]2[C@H](O)[C@H](O[C@H]3/C=C/C=C/C=C/C=C/C=C/C=C/C=C/[C@H](C)[C@@H](O)[C@@H](C)[C@H](C)OC(=O)C[C@H](O)C[C@H](O)CC[C@@H](O)[C@H](O)C[C@H](O)C[C@]4(O)C[C@H](O)[C@@H](C(=O)O)[C@H](C3)O4)O[C@H](C)[C@H]2O)cc1[N+](=O)[O-]. The van der Waals surface area contributed by atoms with Crippen LogP contribution >= 0.6 is 0 Å². The summed E-state index contributed by atoms with van der Waals surface area (Å²) in [5, 5.41) is 169. The molecule has 1 aromatic rings. The van der Waals surface area contributed by atoms with Crippen molar-refractivity contribution in [3.8, 4) is 5.75 Å². The number of cyclic esters (lactones) is 1. The van der Waals surface area contributed by atoms with Crippen molar-refractivity contribution >= 4 is 29.6 Å². The first-order chi connectivity index (χ1) is 43.9. The Morgan fingerprint density at radius 2 is 1.30 bits per heavy atom. The zero-order valence-electron chi connectivity index (χ0n) is 52.2. The van der Waals surface area contributed by atoms with Crippen LogP contribution in [0.5, 0.6) is 5.75 Å². The molecule has 24 atom stereocenters. The fraction of sp³-hybridized carbons (Fsp3) is 0.619. The van der Waals surface area contributed by atoms with Crippen molar-refractivity contribution in [3.63, 3.8) is 0 Å². The topological polar surface area (TPSA) is 483 Å². The van der Waals surface area contributed by atoms with Crippen molar-refractivity contribution < 1.29 is 129 Å². The van der Waals surface area contributed by atoms with E-state index in [1.54, 1.807) is 93.7 Å². The van der Waals surface area contributed by atoms with E-state index in [0.29, 0.717) is 0 Å². The largest absolute Gasteiger partial charge is 0.481 e. The second-order valence-electron chi connectivity index (χ2n) is 23.8. The molecule has 4 aliphatic heterocycles. The minimum atomic E-state index is -2.48. The van der Waals surface area contributed by atoms with E-state index >= 15 is 0 Å². The predicted molar refractivity (Wildman–Crippen MR) is 325 cm³/mol. The van der Waals surface area contributed by atoms with Gasteiger partial charge >= 0.3 is 23.7 Å². The number of alkyl carbamates (subject to hydrolysis) is 1. The van der Waals surface area contributed by atoms with Gasteiger partial charge in [0.1, 0.15) is 55.2 Å². The van der Waals surface area contributed by atoms with Gasteiger partial charge in [0, 0.05) is 50.5 Å². The van der Waals surface area contributed by atoms with Crippen LogP contribution in [0.4, 0.5) is 10.5 Å². The van der Waals surface area contributed by atoms with Crippen LogP contribution in [0.15, 0.2) is 103 Å². The van der Waals surface area contributed by atoms with Crippen LogP contribution in [-0.2, 0) is 49.4 Å². The summed E-state index contributed by atoms with van der Waals surface area (Å²) >= 11 is 0. The minimum Gasteiger partial charge on any atom is -0.481 e. The third-order valence-corrected chi connectivity index (χ3v) is 16.3. The number of aliphatic carboxylic acids is 1. The van der Waals surface area contributed by atoms with E-state index in [1.807, 2.05) is 0 Å². The molecule has 0 saturated carbocycles. The molecule has 3 saturated heterocycles. The monoisotopic (exact) mass is 1320 g/mol. The number of fused-ring (bicyclic) bond motifs is 2. The van der Waals surface area contributed by atoms with Gasteiger partial charge in [-0.25, -0.2) is 4.79 Å². The molecule has 30 nitrogen and oxygen atoms in total. The molecule has 93 heavy (non-hydrogen) atoms. The number of nitrogens with zero attached hydrogens (tertiary/aromatic N) is 1. The van der Waals surface area contributed by atoms with Crippen LogP contribution in [-0.4, -0.2) is 235 Å². The fourth-order valence-electron chi connectivity index (χ4n) is 11.0. The van der Waals surface area contributed by atoms with Gasteiger partial charge in [0.25, 0.3) is 0 Å². The zero-order valence-corrected chi connectivity index (χ0v) is 52.2. The van der Waals surface area contributed by atoms with Crippen molar-refractivity contribution in [3.05, 3.63) is 119 Å². The Labute approximate surface area is 537 Å². The van der Waals surface area contributed by atoms with Crippen LogP contribution in [0.25, 0.3) is 0 Å². The number of hydrogen-bond donors (Lipinski definition) is 16. The Kier molecular flexibility index (Phi) is 30.8. The number of allylic oxidation sites excluding steroid dienone is 12. The molecule has 0 aliphatic carbocycles. The second kappa shape index (κ2) is 37.0. The Hall–Kier alpha value is -6.40. The Morgan fingerprint density at radius 1 is 0.677 bits per heavy atom. The maximum Gasteiger partial charge on any atom is 0.407 e. The van der Waals surface area contributed by atoms with Crippen LogP contribution < -0.4 is 15.4 Å². The third kappa shape index (κ3) is 23.8. The number of rotatable bonds is 11. The van der Waals surface area contributed by atoms with Gasteiger partial charge in [0.15, 0.2) is 17.8 Å². The van der Waals surface area contributed by atoms with Crippen molar-refractivity contribution in [2.24, 2.45) is 17.8 Å². The number of nitro benzene ring substituents is 1. The first-order valence-corrected chi connectivity index (χ1v) is 30.6. The zero-order chi connectivity index (χ0) is 68.9. The van der Waals surface area contributed by atoms with Gasteiger partial charge in [0.2, 0.25) is 12.2 Å². The van der Waals surface area contributed by atoms with Crippen LogP contribution in [0, 0.1) is 27.9 Å². The molecule has 2 amide bonds. The summed E-state index contributed by atoms with van der Waals surface area (Å²) in [6.45, 7) is 6.15. The summed E-state index contributed by atoms with van der Waals surface area (Å²) in [6, 6.07) is 0.231. The molecule has 0 radical (unpaired) electrons. The maximum absolute atomic E-state index is 13.4. The summed E-state index contributed by atoms with van der Waals surface area (Å²) < 4.78 is 40.1. The van der Waals surface area contributed by atoms with Gasteiger partial charge in [-0.2, -0.15) is 0 Å². The molecule has 1 aromatic carbocycles. The highest BCUT2D eigenvalue weighted by Gasteiger charge is 2.52. The van der Waals surface area contributed by atoms with Crippen molar-refractivity contribution in [2.45, 2.75) is 221 Å². The summed E-state index contributed by atoms with van der Waals surface area (Å²) in [7, 11) is 0. The number of esters is 1. The average molecular weight is 1320 g/mol. The van der Waals surface area contributed by atoms with Crippen LogP contribution in [0.2, 0.25) is 0 Å². The van der Waals surface area contributed by atoms with Gasteiger partial charge in [-0.15, -0.1) is 0 Å². The van der Waals surface area contributed by atoms with Crippen LogP contribution in [0.1, 0.15) is 91.5 Å². The van der Waals surface area contributed by atoms with E-state index in [1.165, 1.54) is 25.1 Å². The molecule has 30 heteroatoms. The standard InChI is InChI=1S/C63H91N3O27/c1-33-18-16-14-12-10-8-6-7-9-11-13-15-17-19-42(28-48-51(59(81)82)46(74)30-63(84,93-48)29-41(71)26-45(73)44(72)22-21-39(69)25-40(70)27-50(75)88-35(3)34(2)54(33)76)90-61-58(80)52(55(77)36(4)89-61)65-62(83)87-32-38-20-23-47(43(24-38)66(85)86)91-60-53(64-37(5)68)57(79)56(78)49(31-67)92-60/h6-20,23-24,33-36,39-42,44-46,48-49,51-58,60-61,67,69-74,76-80,84H,21-22,25-32H2,1-5H3,(H,64,68)(H,65,83)(H,81,82)/b7-6+,10-8+,11-9+,14-12+,15-13+,18-16+,19-17+/t33-,34-,35-,36+,39+,40+,41-,42-,44+,45+,46-,48-,49?,51+,52-,53?,54+,55+,56+,57?,58-,60+,61-,63+/m0/s1. The molecular weight excluding hydrogens is 1230 g/mol. The van der Waals surface area contributed by atoms with Gasteiger partial charge in [-0.1, -0.05) is 105 Å². The molecule has 0 spiro atoms. The highest BCUT2D eigenvalue weighted by Crippen LogP contribution is 2.39. The molecule has 520 valence electrons. The van der Waals surface area contributed by atoms with E-state index in [2.05, 4.69) is 10.6 Å². The number of aliphatic hydroxyl groups excluding tert-OH is 12. The Morgan fingerprint density at radius 3 is 1.90 bits per heavy atom. The molecule has 4 aliphatic rings. The van der Waals surface area contributed by atoms with Gasteiger partial charge in [-0.05, 0) is 44.7 Å². The fourth-order valence-corrected chi connectivity index (χ4v) is 11.0. The minimum absolute atomic E-state index is 0.00949. The van der Waals surface area contributed by atoms with Gasteiger partial charge in [0.05, 0.1) is 85.0 Å². The van der Waals surface area contributed by atoms with E-state index in [-0.39, 0.29) is 30.7 Å². The summed E-state index contributed by atoms with van der Waals surface area (Å²) in [4.78, 5) is 62.3. The van der Waals surface area contributed by atoms with Crippen molar-refractivity contribution in [1.29, 1.82) is 0 Å². The molecule has 4 heterocycles. The van der Waals surface area contributed by atoms with Gasteiger partial charge in [-0.3, -0.25) is 24.5 Å². The number of hydrogen-bond acceptors (Lipinski definition) is 26. The molecule has 3 unspecified atom stereocenters. The molecule has 3 fully saturated rings. The number of benzene rings is 1. The lowest BCUT2D eigenvalue weighted by atomic mass is 9.82. The lowest BCUT2D eigenvalue weighted by Gasteiger charge is -2.45. The molecule has 16 N–H and O–H groups in total. The van der Waals surface area contributed by atoms with E-state index in [4.69, 9.17) is 33.2 Å². The van der Waals surface area contributed by atoms with E-state index in [9.17, 15) is 101 Å². The molecule has 0 aromatic heterocycles. The predicted octanol–water partition coefficient (Wildman–Crippen LogP) is -0.0899. The van der Waals surface area contributed by atoms with Crippen molar-refractivity contribution in [1.82, 2.24) is 10.6 Å². The normalized spacial score (nSPS) is 40.1. The molecule has 2 bridgehead atoms. The number of aliphatic hydroxyl groups is 13. The highest BCUT2D eigenvalue weighted by molar-refractivity contribution is 5.73. The number of carboxylic acids is 1. The van der Waals surface area contributed by atoms with E-state index < -0.39 is 226 Å². The third-order valence-electron chi connectivity index (χ3n) is 16.3. The molecule has 5 rings (SSSR count). The van der Waals surface area contributed by atoms with Crippen LogP contribution in [0.3, 0.4) is 0 Å². The summed E-state index contributed by atoms with van der Waals surface area (Å²) in [5.74, 6) is -8.55. The smallest absolute Gasteiger partial charge is 0.407 e. The summed E-state index contributed by atoms with van der Waals surface area (Å²) in [6.07, 6.45) is -8.69. The lowest BCUT2D eigenvalue weighted by molar-refractivity contribution is -0.386. The Balaban J connectivity index is 1.35. The maximum atomic E-state index is 13.4. The average Bonchev–Trinajstić information content (AvgIpc) is 0.871. The van der Waals surface area contributed by atoms with Crippen molar-refractivity contribution in [2.75, 3.05) is 6.61 Å². The molecular formula is C63H91N3O27. The first kappa shape index (κ1) is 77.3. The number of nitro groups is 1. The highest BCUT2D eigenvalue weighted by atomic mass is 16.7. The first-order valence-electron chi connectivity index (χ1n) is 30.6. The number of amides is 2. The summed E-state index contributed by atoms with van der Waals surface area (Å²) in [5.41, 5.74) is -0.698.